The van der Waals surface area contributed by atoms with E-state index in [1.54, 1.807) is 17.8 Å². The van der Waals surface area contributed by atoms with Gasteiger partial charge in [0.1, 0.15) is 5.82 Å². The molecule has 0 aliphatic carbocycles. The first-order valence-corrected chi connectivity index (χ1v) is 6.65. The fourth-order valence-electron chi connectivity index (χ4n) is 1.35. The van der Waals surface area contributed by atoms with Crippen molar-refractivity contribution in [1.82, 2.24) is 0 Å². The Hall–Kier alpha value is -0.800. The van der Waals surface area contributed by atoms with Crippen LogP contribution in [-0.2, 0) is 5.75 Å². The summed E-state index contributed by atoms with van der Waals surface area (Å²) in [6.45, 7) is 0. The van der Waals surface area contributed by atoms with Crippen LogP contribution in [0.15, 0.2) is 57.9 Å². The second kappa shape index (κ2) is 5.51. The summed E-state index contributed by atoms with van der Waals surface area (Å²) in [6.07, 6.45) is 0. The van der Waals surface area contributed by atoms with Crippen LogP contribution in [0.1, 0.15) is 5.56 Å². The smallest absolute Gasteiger partial charge is 0.125 e. The third kappa shape index (κ3) is 3.35. The van der Waals surface area contributed by atoms with E-state index in [1.807, 2.05) is 24.3 Å². The van der Waals surface area contributed by atoms with Gasteiger partial charge < -0.3 is 0 Å². The van der Waals surface area contributed by atoms with Gasteiger partial charge in [0.25, 0.3) is 0 Å². The first-order valence-electron chi connectivity index (χ1n) is 4.87. The maximum absolute atomic E-state index is 13.1. The van der Waals surface area contributed by atoms with E-state index >= 15 is 0 Å². The zero-order chi connectivity index (χ0) is 11.4. The zero-order valence-electron chi connectivity index (χ0n) is 8.49. The standard InChI is InChI=1S/C13H10BrFS/c14-11-6-12(15)8-13(7-11)16-9-10-4-2-1-3-5-10/h1-8H,9H2. The molecule has 0 aliphatic heterocycles. The lowest BCUT2D eigenvalue weighted by atomic mass is 10.2. The fraction of sp³-hybridized carbons (Fsp3) is 0.0769. The molecule has 3 heteroatoms. The Kier molecular flexibility index (Phi) is 4.02. The number of benzene rings is 2. The molecule has 0 unspecified atom stereocenters. The van der Waals surface area contributed by atoms with Gasteiger partial charge >= 0.3 is 0 Å². The van der Waals surface area contributed by atoms with Gasteiger partial charge in [-0.3, -0.25) is 0 Å². The molecule has 0 saturated carbocycles. The minimum Gasteiger partial charge on any atom is -0.207 e. The van der Waals surface area contributed by atoms with Crippen molar-refractivity contribution in [1.29, 1.82) is 0 Å². The van der Waals surface area contributed by atoms with Gasteiger partial charge in [0.15, 0.2) is 0 Å². The van der Waals surface area contributed by atoms with Crippen LogP contribution in [0.2, 0.25) is 0 Å². The lowest BCUT2D eigenvalue weighted by Crippen LogP contribution is -1.81. The van der Waals surface area contributed by atoms with Gasteiger partial charge in [-0.25, -0.2) is 4.39 Å². The summed E-state index contributed by atoms with van der Waals surface area (Å²) in [5, 5.41) is 0. The highest BCUT2D eigenvalue weighted by molar-refractivity contribution is 9.10. The predicted octanol–water partition coefficient (Wildman–Crippen LogP) is 4.88. The molecule has 2 rings (SSSR count). The second-order valence-corrected chi connectivity index (χ2v) is 5.34. The van der Waals surface area contributed by atoms with E-state index in [4.69, 9.17) is 0 Å². The minimum absolute atomic E-state index is 0.204. The number of hydrogen-bond donors (Lipinski definition) is 0. The van der Waals surface area contributed by atoms with Crippen molar-refractivity contribution in [2.45, 2.75) is 10.6 Å². The van der Waals surface area contributed by atoms with Crippen LogP contribution in [0.25, 0.3) is 0 Å². The molecule has 0 saturated heterocycles. The topological polar surface area (TPSA) is 0 Å². The maximum atomic E-state index is 13.1. The Morgan fingerprint density at radius 3 is 2.50 bits per heavy atom. The molecular weight excluding hydrogens is 287 g/mol. The van der Waals surface area contributed by atoms with E-state index in [0.717, 1.165) is 15.1 Å². The average molecular weight is 297 g/mol. The molecule has 2 aromatic rings. The third-order valence-corrected chi connectivity index (χ3v) is 3.59. The van der Waals surface area contributed by atoms with E-state index in [9.17, 15) is 4.39 Å². The lowest BCUT2D eigenvalue weighted by molar-refractivity contribution is 0.623. The van der Waals surface area contributed by atoms with Gasteiger partial charge in [-0.1, -0.05) is 46.3 Å². The molecule has 0 radical (unpaired) electrons. The van der Waals surface area contributed by atoms with Crippen molar-refractivity contribution in [2.24, 2.45) is 0 Å². The zero-order valence-corrected chi connectivity index (χ0v) is 10.9. The maximum Gasteiger partial charge on any atom is 0.125 e. The minimum atomic E-state index is -0.204. The van der Waals surface area contributed by atoms with Crippen LogP contribution in [0.5, 0.6) is 0 Å². The van der Waals surface area contributed by atoms with Crippen LogP contribution < -0.4 is 0 Å². The lowest BCUT2D eigenvalue weighted by Gasteiger charge is -2.03. The Bertz CT molecular complexity index is 450. The van der Waals surface area contributed by atoms with E-state index in [0.29, 0.717) is 0 Å². The molecule has 0 aliphatic rings. The van der Waals surface area contributed by atoms with Crippen LogP contribution in [0.4, 0.5) is 4.39 Å². The number of halogens is 2. The molecule has 0 spiro atoms. The molecule has 0 atom stereocenters. The second-order valence-electron chi connectivity index (χ2n) is 3.38. The normalized spacial score (nSPS) is 10.4. The highest BCUT2D eigenvalue weighted by atomic mass is 79.9. The van der Waals surface area contributed by atoms with Crippen LogP contribution >= 0.6 is 27.7 Å². The quantitative estimate of drug-likeness (QED) is 0.728. The molecular formula is C13H10BrFS. The van der Waals surface area contributed by atoms with Gasteiger partial charge in [-0.15, -0.1) is 11.8 Å². The summed E-state index contributed by atoms with van der Waals surface area (Å²) in [4.78, 5) is 0.940. The van der Waals surface area contributed by atoms with Crippen molar-refractivity contribution in [3.8, 4) is 0 Å². The van der Waals surface area contributed by atoms with Gasteiger partial charge in [0, 0.05) is 15.1 Å². The largest absolute Gasteiger partial charge is 0.207 e. The monoisotopic (exact) mass is 296 g/mol. The highest BCUT2D eigenvalue weighted by Gasteiger charge is 2.00. The van der Waals surface area contributed by atoms with Crippen LogP contribution in [0, 0.1) is 5.82 Å². The number of thioether (sulfide) groups is 1. The van der Waals surface area contributed by atoms with Gasteiger partial charge in [-0.2, -0.15) is 0 Å². The molecule has 0 nitrogen and oxygen atoms in total. The number of rotatable bonds is 3. The van der Waals surface area contributed by atoms with Gasteiger partial charge in [0.2, 0.25) is 0 Å². The molecule has 16 heavy (non-hydrogen) atoms. The SMILES string of the molecule is Fc1cc(Br)cc(SCc2ccccc2)c1. The molecule has 0 aromatic heterocycles. The summed E-state index contributed by atoms with van der Waals surface area (Å²) < 4.78 is 13.9. The summed E-state index contributed by atoms with van der Waals surface area (Å²) >= 11 is 4.92. The first-order chi connectivity index (χ1) is 7.74. The molecule has 0 heterocycles. The molecule has 0 amide bonds. The highest BCUT2D eigenvalue weighted by Crippen LogP contribution is 2.26. The summed E-state index contributed by atoms with van der Waals surface area (Å²) in [6, 6.07) is 15.1. The van der Waals surface area contributed by atoms with Crippen LogP contribution in [0.3, 0.4) is 0 Å². The molecule has 0 fully saturated rings. The van der Waals surface area contributed by atoms with E-state index in [1.165, 1.54) is 11.6 Å². The van der Waals surface area contributed by atoms with E-state index in [2.05, 4.69) is 28.1 Å². The van der Waals surface area contributed by atoms with Crippen LogP contribution in [-0.4, -0.2) is 0 Å². The third-order valence-electron chi connectivity index (χ3n) is 2.08. The van der Waals surface area contributed by atoms with E-state index in [-0.39, 0.29) is 5.82 Å². The fourth-order valence-corrected chi connectivity index (χ4v) is 2.90. The molecule has 0 bridgehead atoms. The average Bonchev–Trinajstić information content (AvgIpc) is 2.27. The Morgan fingerprint density at radius 2 is 1.81 bits per heavy atom. The molecule has 82 valence electrons. The van der Waals surface area contributed by atoms with Crippen molar-refractivity contribution >= 4 is 27.7 Å². The molecule has 0 N–H and O–H groups in total. The Morgan fingerprint density at radius 1 is 1.06 bits per heavy atom. The van der Waals surface area contributed by atoms with Gasteiger partial charge in [-0.05, 0) is 23.8 Å². The number of hydrogen-bond acceptors (Lipinski definition) is 1. The van der Waals surface area contributed by atoms with Crippen molar-refractivity contribution in [3.63, 3.8) is 0 Å². The summed E-state index contributed by atoms with van der Waals surface area (Å²) in [7, 11) is 0. The summed E-state index contributed by atoms with van der Waals surface area (Å²) in [5.74, 6) is 0.654. The van der Waals surface area contributed by atoms with Crippen molar-refractivity contribution < 1.29 is 4.39 Å². The summed E-state index contributed by atoms with van der Waals surface area (Å²) in [5.41, 5.74) is 1.24. The van der Waals surface area contributed by atoms with Crippen molar-refractivity contribution in [2.75, 3.05) is 0 Å². The van der Waals surface area contributed by atoms with Crippen molar-refractivity contribution in [3.05, 3.63) is 64.4 Å². The van der Waals surface area contributed by atoms with Gasteiger partial charge in [0.05, 0.1) is 0 Å². The first kappa shape index (κ1) is 11.7. The molecule has 2 aromatic carbocycles. The Balaban J connectivity index is 2.05. The van der Waals surface area contributed by atoms with E-state index < -0.39 is 0 Å². The predicted molar refractivity (Wildman–Crippen MR) is 70.1 cm³/mol. The Labute approximate surface area is 107 Å².